The van der Waals surface area contributed by atoms with E-state index < -0.39 is 35.7 Å². The lowest BCUT2D eigenvalue weighted by Crippen LogP contribution is -2.54. The Hall–Kier alpha value is -2.26. The molecule has 1 saturated heterocycles. The van der Waals surface area contributed by atoms with Crippen molar-refractivity contribution in [3.8, 4) is 0 Å². The van der Waals surface area contributed by atoms with Crippen molar-refractivity contribution < 1.29 is 24.2 Å². The van der Waals surface area contributed by atoms with E-state index in [-0.39, 0.29) is 17.7 Å². The van der Waals surface area contributed by atoms with Gasteiger partial charge in [-0.2, -0.15) is 0 Å². The van der Waals surface area contributed by atoms with Crippen molar-refractivity contribution in [2.75, 3.05) is 19.0 Å². The van der Waals surface area contributed by atoms with E-state index in [9.17, 15) is 19.5 Å². The number of hydrogen-bond donors (Lipinski definition) is 3. The maximum absolute atomic E-state index is 12.9. The lowest BCUT2D eigenvalue weighted by atomic mass is 10.00. The topological polar surface area (TPSA) is 108 Å². The molecule has 8 nitrogen and oxygen atoms in total. The number of ether oxygens (including phenoxy) is 1. The van der Waals surface area contributed by atoms with E-state index in [1.807, 2.05) is 44.2 Å². The molecule has 0 saturated carbocycles. The molecule has 0 aliphatic carbocycles. The maximum atomic E-state index is 12.9. The van der Waals surface area contributed by atoms with Gasteiger partial charge < -0.3 is 25.4 Å². The van der Waals surface area contributed by atoms with Crippen LogP contribution >= 0.6 is 11.8 Å². The summed E-state index contributed by atoms with van der Waals surface area (Å²) in [5.41, 5.74) is 0.191. The quantitative estimate of drug-likeness (QED) is 0.585. The van der Waals surface area contributed by atoms with Crippen LogP contribution in [0.5, 0.6) is 0 Å². The van der Waals surface area contributed by atoms with Crippen LogP contribution in [0.3, 0.4) is 0 Å². The number of nitrogens with one attached hydrogen (secondary N) is 2. The van der Waals surface area contributed by atoms with E-state index in [2.05, 4.69) is 10.6 Å². The molecular weight excluding hydrogens is 418 g/mol. The largest absolute Gasteiger partial charge is 0.444 e. The van der Waals surface area contributed by atoms with Gasteiger partial charge in [0.05, 0.1) is 11.9 Å². The Bertz CT molecular complexity index is 779. The molecule has 1 aromatic carbocycles. The third-order valence-electron chi connectivity index (χ3n) is 4.57. The number of aliphatic hydroxyl groups is 1. The molecule has 1 fully saturated rings. The Kier molecular flexibility index (Phi) is 8.36. The molecule has 0 radical (unpaired) electrons. The average Bonchev–Trinajstić information content (AvgIpc) is 3.04. The SMILES string of the molecule is CC(C)(C)OC(=O)NCC(=O)N[C@@H](Cc1ccccc1)[C@H](O)C(=O)N1CSC(C)(C)C1. The molecule has 1 aliphatic heterocycles. The van der Waals surface area contributed by atoms with Crippen molar-refractivity contribution in [2.24, 2.45) is 0 Å². The highest BCUT2D eigenvalue weighted by atomic mass is 32.2. The summed E-state index contributed by atoms with van der Waals surface area (Å²) in [5, 5.41) is 15.9. The molecule has 2 rings (SSSR count). The number of nitrogens with zero attached hydrogens (tertiary/aromatic N) is 1. The minimum Gasteiger partial charge on any atom is -0.444 e. The molecule has 172 valence electrons. The molecular formula is C22H33N3O5S. The summed E-state index contributed by atoms with van der Waals surface area (Å²) in [6.45, 7) is 9.46. The number of rotatable bonds is 7. The fourth-order valence-corrected chi connectivity index (χ4v) is 4.11. The third kappa shape index (κ3) is 8.41. The van der Waals surface area contributed by atoms with Crippen LogP contribution < -0.4 is 10.6 Å². The summed E-state index contributed by atoms with van der Waals surface area (Å²) in [6, 6.07) is 8.47. The lowest BCUT2D eigenvalue weighted by molar-refractivity contribution is -0.141. The Morgan fingerprint density at radius 1 is 1.23 bits per heavy atom. The Morgan fingerprint density at radius 2 is 1.87 bits per heavy atom. The van der Waals surface area contributed by atoms with E-state index >= 15 is 0 Å². The second-order valence-electron chi connectivity index (χ2n) is 9.23. The zero-order valence-electron chi connectivity index (χ0n) is 18.8. The first-order chi connectivity index (χ1) is 14.4. The fourth-order valence-electron chi connectivity index (χ4n) is 3.14. The number of benzene rings is 1. The molecule has 3 N–H and O–H groups in total. The standard InChI is InChI=1S/C22H33N3O5S/c1-21(2,3)30-20(29)23-12-17(26)24-16(11-15-9-7-6-8-10-15)18(27)19(28)25-13-22(4,5)31-14-25/h6-10,16,18,27H,11-14H2,1-5H3,(H,23,29)(H,24,26)/t16-,18-/m0/s1. The molecule has 1 aromatic rings. The minimum absolute atomic E-state index is 0.0785. The van der Waals surface area contributed by atoms with Gasteiger partial charge in [-0.25, -0.2) is 4.79 Å². The highest BCUT2D eigenvalue weighted by molar-refractivity contribution is 8.00. The van der Waals surface area contributed by atoms with Crippen molar-refractivity contribution in [1.29, 1.82) is 0 Å². The van der Waals surface area contributed by atoms with Gasteiger partial charge in [0.25, 0.3) is 5.91 Å². The number of amides is 3. The predicted molar refractivity (Wildman–Crippen MR) is 121 cm³/mol. The third-order valence-corrected chi connectivity index (χ3v) is 5.92. The summed E-state index contributed by atoms with van der Waals surface area (Å²) >= 11 is 1.64. The van der Waals surface area contributed by atoms with Crippen LogP contribution in [0, 0.1) is 0 Å². The zero-order chi connectivity index (χ0) is 23.2. The fraction of sp³-hybridized carbons (Fsp3) is 0.591. The molecule has 1 heterocycles. The Morgan fingerprint density at radius 3 is 2.42 bits per heavy atom. The van der Waals surface area contributed by atoms with Gasteiger partial charge in [0.15, 0.2) is 6.10 Å². The molecule has 2 atom stereocenters. The first-order valence-electron chi connectivity index (χ1n) is 10.3. The molecule has 0 aromatic heterocycles. The van der Waals surface area contributed by atoms with Crippen molar-refractivity contribution in [2.45, 2.75) is 63.5 Å². The minimum atomic E-state index is -1.40. The normalized spacial score (nSPS) is 17.5. The van der Waals surface area contributed by atoms with Gasteiger partial charge in [-0.1, -0.05) is 30.3 Å². The van der Waals surface area contributed by atoms with Gasteiger partial charge in [-0.05, 0) is 46.6 Å². The summed E-state index contributed by atoms with van der Waals surface area (Å²) in [7, 11) is 0. The number of carbonyl (C=O) groups is 3. The van der Waals surface area contributed by atoms with Crippen molar-refractivity contribution >= 4 is 29.7 Å². The number of hydrogen-bond acceptors (Lipinski definition) is 6. The first kappa shape index (κ1) is 25.0. The summed E-state index contributed by atoms with van der Waals surface area (Å²) in [5.74, 6) is -0.441. The Labute approximate surface area is 188 Å². The van der Waals surface area contributed by atoms with Crippen LogP contribution in [-0.4, -0.2) is 69.4 Å². The summed E-state index contributed by atoms with van der Waals surface area (Å²) in [4.78, 5) is 38.7. The molecule has 0 unspecified atom stereocenters. The molecule has 0 spiro atoms. The van der Waals surface area contributed by atoms with Crippen LogP contribution in [0.2, 0.25) is 0 Å². The maximum Gasteiger partial charge on any atom is 0.408 e. The van der Waals surface area contributed by atoms with Crippen molar-refractivity contribution in [1.82, 2.24) is 15.5 Å². The molecule has 31 heavy (non-hydrogen) atoms. The molecule has 1 aliphatic rings. The zero-order valence-corrected chi connectivity index (χ0v) is 19.6. The van der Waals surface area contributed by atoms with Gasteiger partial charge in [0, 0.05) is 11.3 Å². The first-order valence-corrected chi connectivity index (χ1v) is 11.3. The van der Waals surface area contributed by atoms with E-state index in [4.69, 9.17) is 4.74 Å². The van der Waals surface area contributed by atoms with Crippen molar-refractivity contribution in [3.63, 3.8) is 0 Å². The van der Waals surface area contributed by atoms with Crippen LogP contribution in [-0.2, 0) is 20.7 Å². The second-order valence-corrected chi connectivity index (χ2v) is 10.9. The van der Waals surface area contributed by atoms with Crippen molar-refractivity contribution in [3.05, 3.63) is 35.9 Å². The second kappa shape index (κ2) is 10.4. The monoisotopic (exact) mass is 451 g/mol. The summed E-state index contributed by atoms with van der Waals surface area (Å²) in [6.07, 6.45) is -1.84. The molecule has 3 amide bonds. The van der Waals surface area contributed by atoms with Crippen LogP contribution in [0.15, 0.2) is 30.3 Å². The number of aliphatic hydroxyl groups excluding tert-OH is 1. The lowest BCUT2D eigenvalue weighted by Gasteiger charge is -2.28. The van der Waals surface area contributed by atoms with Gasteiger partial charge in [-0.15, -0.1) is 11.8 Å². The van der Waals surface area contributed by atoms with Gasteiger partial charge >= 0.3 is 6.09 Å². The van der Waals surface area contributed by atoms with E-state index in [0.717, 1.165) is 5.56 Å². The van der Waals surface area contributed by atoms with Gasteiger partial charge in [0.2, 0.25) is 5.91 Å². The smallest absolute Gasteiger partial charge is 0.408 e. The van der Waals surface area contributed by atoms with Gasteiger partial charge in [0.1, 0.15) is 12.1 Å². The van der Waals surface area contributed by atoms with Crippen LogP contribution in [0.25, 0.3) is 0 Å². The molecule has 9 heteroatoms. The Balaban J connectivity index is 2.03. The highest BCUT2D eigenvalue weighted by Gasteiger charge is 2.38. The molecule has 0 bridgehead atoms. The van der Waals surface area contributed by atoms with E-state index in [1.165, 1.54) is 0 Å². The predicted octanol–water partition coefficient (Wildman–Crippen LogP) is 1.91. The van der Waals surface area contributed by atoms with Crippen LogP contribution in [0.1, 0.15) is 40.2 Å². The van der Waals surface area contributed by atoms with Crippen LogP contribution in [0.4, 0.5) is 4.79 Å². The summed E-state index contributed by atoms with van der Waals surface area (Å²) < 4.78 is 5.04. The van der Waals surface area contributed by atoms with E-state index in [1.54, 1.807) is 37.4 Å². The number of thioether (sulfide) groups is 1. The average molecular weight is 452 g/mol. The van der Waals surface area contributed by atoms with Gasteiger partial charge in [-0.3, -0.25) is 9.59 Å². The van der Waals surface area contributed by atoms with E-state index in [0.29, 0.717) is 12.4 Å². The number of carbonyl (C=O) groups excluding carboxylic acids is 3. The highest BCUT2D eigenvalue weighted by Crippen LogP contribution is 2.33. The number of alkyl carbamates (subject to hydrolysis) is 1.